The highest BCUT2D eigenvalue weighted by Gasteiger charge is 2.36. The summed E-state index contributed by atoms with van der Waals surface area (Å²) in [5, 5.41) is 3.22. The first-order valence-electron chi connectivity index (χ1n) is 8.45. The zero-order valence-electron chi connectivity index (χ0n) is 14.7. The number of carbonyl (C=O) groups is 2. The van der Waals surface area contributed by atoms with Crippen LogP contribution >= 0.6 is 11.6 Å². The predicted octanol–water partition coefficient (Wildman–Crippen LogP) is 3.77. The Morgan fingerprint density at radius 3 is 2.73 bits per heavy atom. The van der Waals surface area contributed by atoms with Crippen LogP contribution in [-0.4, -0.2) is 18.4 Å². The Morgan fingerprint density at radius 1 is 1.31 bits per heavy atom. The number of nitrogens with zero attached hydrogens (tertiary/aromatic N) is 1. The largest absolute Gasteiger partial charge is 0.352 e. The number of hydrogen-bond donors (Lipinski definition) is 1. The number of anilines is 1. The Morgan fingerprint density at radius 2 is 2.04 bits per heavy atom. The Kier molecular flexibility index (Phi) is 5.28. The van der Waals surface area contributed by atoms with Crippen LogP contribution in [0.25, 0.3) is 0 Å². The van der Waals surface area contributed by atoms with Gasteiger partial charge in [-0.1, -0.05) is 35.9 Å². The molecule has 1 aliphatic heterocycles. The number of halogens is 2. The van der Waals surface area contributed by atoms with Crippen molar-refractivity contribution < 1.29 is 14.0 Å². The molecule has 4 nitrogen and oxygen atoms in total. The lowest BCUT2D eigenvalue weighted by atomic mass is 10.1. The molecule has 1 fully saturated rings. The van der Waals surface area contributed by atoms with E-state index in [-0.39, 0.29) is 37.1 Å². The molecule has 0 saturated carbocycles. The third-order valence-electron chi connectivity index (χ3n) is 4.57. The fourth-order valence-corrected chi connectivity index (χ4v) is 3.74. The SMILES string of the molecule is Cc1cc(C)c(N2CC(C(=O)NCc3ccccc3F)CC2=O)c(Cl)c1. The summed E-state index contributed by atoms with van der Waals surface area (Å²) < 4.78 is 13.7. The van der Waals surface area contributed by atoms with Crippen LogP contribution in [-0.2, 0) is 16.1 Å². The van der Waals surface area contributed by atoms with Crippen LogP contribution in [0.2, 0.25) is 5.02 Å². The van der Waals surface area contributed by atoms with Crippen LogP contribution in [0.1, 0.15) is 23.1 Å². The molecule has 2 aromatic carbocycles. The average molecular weight is 375 g/mol. The van der Waals surface area contributed by atoms with Crippen LogP contribution < -0.4 is 10.2 Å². The summed E-state index contributed by atoms with van der Waals surface area (Å²) >= 11 is 6.33. The summed E-state index contributed by atoms with van der Waals surface area (Å²) in [5.41, 5.74) is 2.99. The third kappa shape index (κ3) is 3.73. The Bertz CT molecular complexity index is 846. The van der Waals surface area contributed by atoms with Gasteiger partial charge in [-0.25, -0.2) is 4.39 Å². The second-order valence-corrected chi connectivity index (χ2v) is 7.03. The van der Waals surface area contributed by atoms with Crippen molar-refractivity contribution in [1.29, 1.82) is 0 Å². The maximum absolute atomic E-state index is 13.7. The number of aryl methyl sites for hydroxylation is 2. The molecular weight excluding hydrogens is 355 g/mol. The van der Waals surface area contributed by atoms with E-state index in [4.69, 9.17) is 11.6 Å². The van der Waals surface area contributed by atoms with E-state index >= 15 is 0 Å². The summed E-state index contributed by atoms with van der Waals surface area (Å²) in [5.74, 6) is -1.24. The number of amides is 2. The second kappa shape index (κ2) is 7.46. The number of carbonyl (C=O) groups excluding carboxylic acids is 2. The second-order valence-electron chi connectivity index (χ2n) is 6.63. The lowest BCUT2D eigenvalue weighted by Crippen LogP contribution is -2.33. The fraction of sp³-hybridized carbons (Fsp3) is 0.300. The minimum atomic E-state index is -0.481. The number of rotatable bonds is 4. The molecule has 1 saturated heterocycles. The van der Waals surface area contributed by atoms with Gasteiger partial charge in [-0.15, -0.1) is 0 Å². The van der Waals surface area contributed by atoms with Crippen LogP contribution in [0.15, 0.2) is 36.4 Å². The quantitative estimate of drug-likeness (QED) is 0.885. The molecule has 0 spiro atoms. The van der Waals surface area contributed by atoms with Gasteiger partial charge in [0.2, 0.25) is 11.8 Å². The molecule has 0 aromatic heterocycles. The lowest BCUT2D eigenvalue weighted by molar-refractivity contribution is -0.126. The Labute approximate surface area is 157 Å². The lowest BCUT2D eigenvalue weighted by Gasteiger charge is -2.21. The van der Waals surface area contributed by atoms with Crippen LogP contribution in [0.5, 0.6) is 0 Å². The van der Waals surface area contributed by atoms with Crippen molar-refractivity contribution in [2.75, 3.05) is 11.4 Å². The molecule has 2 amide bonds. The molecule has 1 atom stereocenters. The van der Waals surface area contributed by atoms with Crippen molar-refractivity contribution in [3.05, 3.63) is 63.9 Å². The third-order valence-corrected chi connectivity index (χ3v) is 4.86. The van der Waals surface area contributed by atoms with Gasteiger partial charge in [0, 0.05) is 25.1 Å². The van der Waals surface area contributed by atoms with Gasteiger partial charge in [-0.2, -0.15) is 0 Å². The standard InChI is InChI=1S/C20H20ClFN2O2/c1-12-7-13(2)19(16(21)8-12)24-11-15(9-18(24)25)20(26)23-10-14-5-3-4-6-17(14)22/h3-8,15H,9-11H2,1-2H3,(H,23,26). The van der Waals surface area contributed by atoms with Gasteiger partial charge in [0.15, 0.2) is 0 Å². The first kappa shape index (κ1) is 18.4. The monoisotopic (exact) mass is 374 g/mol. The van der Waals surface area contributed by atoms with E-state index in [2.05, 4.69) is 5.32 Å². The van der Waals surface area contributed by atoms with Gasteiger partial charge in [0.25, 0.3) is 0 Å². The number of benzene rings is 2. The normalized spacial score (nSPS) is 16.8. The van der Waals surface area contributed by atoms with Gasteiger partial charge in [0.1, 0.15) is 5.82 Å². The van der Waals surface area contributed by atoms with E-state index in [0.29, 0.717) is 16.3 Å². The van der Waals surface area contributed by atoms with Gasteiger partial charge in [-0.3, -0.25) is 9.59 Å². The Balaban J connectivity index is 1.70. The number of hydrogen-bond acceptors (Lipinski definition) is 2. The van der Waals surface area contributed by atoms with E-state index in [9.17, 15) is 14.0 Å². The molecule has 1 N–H and O–H groups in total. The highest BCUT2D eigenvalue weighted by Crippen LogP contribution is 2.35. The van der Waals surface area contributed by atoms with Gasteiger partial charge < -0.3 is 10.2 Å². The minimum Gasteiger partial charge on any atom is -0.352 e. The first-order valence-corrected chi connectivity index (χ1v) is 8.83. The smallest absolute Gasteiger partial charge is 0.227 e. The van der Waals surface area contributed by atoms with Crippen molar-refractivity contribution in [3.8, 4) is 0 Å². The molecule has 0 aliphatic carbocycles. The maximum atomic E-state index is 13.7. The highest BCUT2D eigenvalue weighted by atomic mass is 35.5. The van der Waals surface area contributed by atoms with Crippen molar-refractivity contribution in [2.45, 2.75) is 26.8 Å². The summed E-state index contributed by atoms with van der Waals surface area (Å²) in [6.07, 6.45) is 0.118. The average Bonchev–Trinajstić information content (AvgIpc) is 2.95. The molecular formula is C20H20ClFN2O2. The van der Waals surface area contributed by atoms with Crippen molar-refractivity contribution in [2.24, 2.45) is 5.92 Å². The molecule has 136 valence electrons. The molecule has 1 aliphatic rings. The summed E-state index contributed by atoms with van der Waals surface area (Å²) in [6.45, 7) is 4.20. The summed E-state index contributed by atoms with van der Waals surface area (Å²) in [6, 6.07) is 10.1. The highest BCUT2D eigenvalue weighted by molar-refractivity contribution is 6.34. The van der Waals surface area contributed by atoms with Gasteiger partial charge in [0.05, 0.1) is 16.6 Å². The van der Waals surface area contributed by atoms with Gasteiger partial charge in [-0.05, 0) is 37.1 Å². The topological polar surface area (TPSA) is 49.4 Å². The molecule has 1 heterocycles. The van der Waals surface area contributed by atoms with Gasteiger partial charge >= 0.3 is 0 Å². The van der Waals surface area contributed by atoms with E-state index < -0.39 is 5.92 Å². The van der Waals surface area contributed by atoms with E-state index in [1.54, 1.807) is 23.1 Å². The van der Waals surface area contributed by atoms with Crippen molar-refractivity contribution >= 4 is 29.1 Å². The molecule has 1 unspecified atom stereocenters. The van der Waals surface area contributed by atoms with Crippen molar-refractivity contribution in [1.82, 2.24) is 5.32 Å². The minimum absolute atomic E-state index is 0.0977. The maximum Gasteiger partial charge on any atom is 0.227 e. The zero-order valence-corrected chi connectivity index (χ0v) is 15.4. The zero-order chi connectivity index (χ0) is 18.8. The van der Waals surface area contributed by atoms with Crippen LogP contribution in [0, 0.1) is 25.6 Å². The molecule has 2 aromatic rings. The summed E-state index contributed by atoms with van der Waals surface area (Å²) in [4.78, 5) is 26.4. The molecule has 6 heteroatoms. The molecule has 3 rings (SSSR count). The first-order chi connectivity index (χ1) is 12.4. The van der Waals surface area contributed by atoms with E-state index in [0.717, 1.165) is 11.1 Å². The summed E-state index contributed by atoms with van der Waals surface area (Å²) in [7, 11) is 0. The fourth-order valence-electron chi connectivity index (χ4n) is 3.32. The van der Waals surface area contributed by atoms with Crippen LogP contribution in [0.3, 0.4) is 0 Å². The molecule has 0 radical (unpaired) electrons. The predicted molar refractivity (Wildman–Crippen MR) is 99.6 cm³/mol. The number of nitrogens with one attached hydrogen (secondary N) is 1. The van der Waals surface area contributed by atoms with E-state index in [1.807, 2.05) is 26.0 Å². The van der Waals surface area contributed by atoms with E-state index in [1.165, 1.54) is 6.07 Å². The Hall–Kier alpha value is -2.40. The molecule has 0 bridgehead atoms. The van der Waals surface area contributed by atoms with Crippen molar-refractivity contribution in [3.63, 3.8) is 0 Å². The van der Waals surface area contributed by atoms with Crippen LogP contribution in [0.4, 0.5) is 10.1 Å². The molecule has 26 heavy (non-hydrogen) atoms.